The molecule has 16 heavy (non-hydrogen) atoms. The molecule has 3 N–H and O–H groups in total. The fourth-order valence-corrected chi connectivity index (χ4v) is 3.05. The maximum atomic E-state index is 11.7. The van der Waals surface area contributed by atoms with Crippen LogP contribution in [0.1, 0.15) is 40.0 Å². The van der Waals surface area contributed by atoms with Gasteiger partial charge in [0.1, 0.15) is 5.60 Å². The summed E-state index contributed by atoms with van der Waals surface area (Å²) in [6, 6.07) is 0.503. The Labute approximate surface area is 96.9 Å². The minimum Gasteiger partial charge on any atom is -0.444 e. The molecule has 4 nitrogen and oxygen atoms in total. The van der Waals surface area contributed by atoms with Crippen LogP contribution < -0.4 is 11.1 Å². The number of ether oxygens (including phenoxy) is 1. The lowest BCUT2D eigenvalue weighted by atomic mass is 9.96. The van der Waals surface area contributed by atoms with Gasteiger partial charge in [0.2, 0.25) is 0 Å². The molecule has 1 amide bonds. The molecule has 2 aliphatic carbocycles. The second kappa shape index (κ2) is 3.91. The van der Waals surface area contributed by atoms with E-state index in [9.17, 15) is 4.79 Å². The summed E-state index contributed by atoms with van der Waals surface area (Å²) in [6.45, 7) is 5.63. The Morgan fingerprint density at radius 1 is 1.38 bits per heavy atom. The highest BCUT2D eigenvalue weighted by atomic mass is 16.6. The molecule has 2 bridgehead atoms. The van der Waals surface area contributed by atoms with Crippen LogP contribution in [0.4, 0.5) is 4.79 Å². The molecule has 0 aromatic rings. The van der Waals surface area contributed by atoms with Gasteiger partial charge in [-0.15, -0.1) is 0 Å². The summed E-state index contributed by atoms with van der Waals surface area (Å²) in [7, 11) is 0. The van der Waals surface area contributed by atoms with E-state index in [1.165, 1.54) is 6.42 Å². The van der Waals surface area contributed by atoms with Crippen molar-refractivity contribution in [2.45, 2.75) is 57.7 Å². The number of carbonyl (C=O) groups excluding carboxylic acids is 1. The minimum atomic E-state index is -0.427. The number of alkyl carbamates (subject to hydrolysis) is 1. The Morgan fingerprint density at radius 3 is 2.50 bits per heavy atom. The van der Waals surface area contributed by atoms with Crippen LogP contribution in [-0.4, -0.2) is 23.8 Å². The first-order valence-electron chi connectivity index (χ1n) is 6.12. The Balaban J connectivity index is 1.89. The Bertz CT molecular complexity index is 285. The second-order valence-corrected chi connectivity index (χ2v) is 6.07. The maximum absolute atomic E-state index is 11.7. The van der Waals surface area contributed by atoms with Gasteiger partial charge in [0.05, 0.1) is 0 Å². The third-order valence-electron chi connectivity index (χ3n) is 3.65. The van der Waals surface area contributed by atoms with Crippen LogP contribution in [0.15, 0.2) is 0 Å². The van der Waals surface area contributed by atoms with E-state index in [0.717, 1.165) is 12.8 Å². The SMILES string of the molecule is CC(C)(C)OC(=O)N[C@H]1[C@H]2CC[C@@H]1[C@@H](N)C2. The van der Waals surface area contributed by atoms with Gasteiger partial charge in [0.25, 0.3) is 0 Å². The normalized spacial score (nSPS) is 37.5. The van der Waals surface area contributed by atoms with E-state index < -0.39 is 5.60 Å². The van der Waals surface area contributed by atoms with E-state index in [1.54, 1.807) is 0 Å². The zero-order valence-corrected chi connectivity index (χ0v) is 10.3. The summed E-state index contributed by atoms with van der Waals surface area (Å²) in [5.74, 6) is 1.02. The number of fused-ring (bicyclic) bond motifs is 2. The molecule has 0 saturated heterocycles. The van der Waals surface area contributed by atoms with Gasteiger partial charge in [0.15, 0.2) is 0 Å². The van der Waals surface area contributed by atoms with Crippen LogP contribution in [-0.2, 0) is 4.74 Å². The summed E-state index contributed by atoms with van der Waals surface area (Å²) in [5, 5.41) is 2.99. The number of rotatable bonds is 1. The lowest BCUT2D eigenvalue weighted by Crippen LogP contribution is -2.43. The number of hydrogen-bond acceptors (Lipinski definition) is 3. The molecule has 0 spiro atoms. The number of amides is 1. The number of carbonyl (C=O) groups is 1. The minimum absolute atomic E-state index is 0.241. The molecule has 2 saturated carbocycles. The first-order chi connectivity index (χ1) is 7.37. The zero-order valence-electron chi connectivity index (χ0n) is 10.3. The van der Waals surface area contributed by atoms with Crippen molar-refractivity contribution in [1.29, 1.82) is 0 Å². The molecule has 0 radical (unpaired) electrons. The van der Waals surface area contributed by atoms with E-state index in [4.69, 9.17) is 10.5 Å². The molecule has 0 aromatic heterocycles. The fraction of sp³-hybridized carbons (Fsp3) is 0.917. The van der Waals surface area contributed by atoms with Crippen molar-refractivity contribution in [3.8, 4) is 0 Å². The van der Waals surface area contributed by atoms with E-state index in [1.807, 2.05) is 20.8 Å². The molecule has 2 rings (SSSR count). The predicted octanol–water partition coefficient (Wildman–Crippen LogP) is 1.64. The first kappa shape index (κ1) is 11.7. The van der Waals surface area contributed by atoms with E-state index in [-0.39, 0.29) is 18.2 Å². The average Bonchev–Trinajstić information content (AvgIpc) is 2.57. The molecule has 4 atom stereocenters. The Hall–Kier alpha value is -0.770. The van der Waals surface area contributed by atoms with Crippen LogP contribution in [0, 0.1) is 11.8 Å². The Morgan fingerprint density at radius 2 is 2.06 bits per heavy atom. The van der Waals surface area contributed by atoms with Gasteiger partial charge in [-0.2, -0.15) is 0 Å². The van der Waals surface area contributed by atoms with Gasteiger partial charge in [-0.25, -0.2) is 4.79 Å². The van der Waals surface area contributed by atoms with Crippen molar-refractivity contribution in [3.05, 3.63) is 0 Å². The monoisotopic (exact) mass is 226 g/mol. The summed E-state index contributed by atoms with van der Waals surface area (Å²) < 4.78 is 5.27. The molecule has 0 aromatic carbocycles. The predicted molar refractivity (Wildman–Crippen MR) is 62.0 cm³/mol. The molecule has 4 heteroatoms. The van der Waals surface area contributed by atoms with Crippen LogP contribution in [0.5, 0.6) is 0 Å². The molecule has 0 heterocycles. The molecule has 0 unspecified atom stereocenters. The lowest BCUT2D eigenvalue weighted by Gasteiger charge is -2.23. The summed E-state index contributed by atoms with van der Waals surface area (Å²) >= 11 is 0. The highest BCUT2D eigenvalue weighted by Crippen LogP contribution is 2.43. The molecule has 0 aliphatic heterocycles. The number of nitrogens with one attached hydrogen (secondary N) is 1. The lowest BCUT2D eigenvalue weighted by molar-refractivity contribution is 0.0490. The van der Waals surface area contributed by atoms with E-state index >= 15 is 0 Å². The molecular weight excluding hydrogens is 204 g/mol. The van der Waals surface area contributed by atoms with E-state index in [2.05, 4.69) is 5.32 Å². The van der Waals surface area contributed by atoms with Gasteiger partial charge in [-0.1, -0.05) is 0 Å². The van der Waals surface area contributed by atoms with Gasteiger partial charge in [0, 0.05) is 12.1 Å². The zero-order chi connectivity index (χ0) is 11.9. The number of hydrogen-bond donors (Lipinski definition) is 2. The third-order valence-corrected chi connectivity index (χ3v) is 3.65. The summed E-state index contributed by atoms with van der Waals surface area (Å²) in [4.78, 5) is 11.7. The summed E-state index contributed by atoms with van der Waals surface area (Å²) in [5.41, 5.74) is 5.59. The summed E-state index contributed by atoms with van der Waals surface area (Å²) in [6.07, 6.45) is 3.08. The standard InChI is InChI=1S/C12H22N2O2/c1-12(2,3)16-11(15)14-10-7-4-5-8(10)9(13)6-7/h7-10H,4-6,13H2,1-3H3,(H,14,15)/t7-,8+,9-,10-/m0/s1. The van der Waals surface area contributed by atoms with Crippen molar-refractivity contribution in [1.82, 2.24) is 5.32 Å². The largest absolute Gasteiger partial charge is 0.444 e. The smallest absolute Gasteiger partial charge is 0.407 e. The molecule has 2 fully saturated rings. The highest BCUT2D eigenvalue weighted by Gasteiger charge is 2.47. The third kappa shape index (κ3) is 2.32. The van der Waals surface area contributed by atoms with Crippen LogP contribution >= 0.6 is 0 Å². The molecule has 2 aliphatic rings. The van der Waals surface area contributed by atoms with Gasteiger partial charge < -0.3 is 15.8 Å². The fourth-order valence-electron chi connectivity index (χ4n) is 3.05. The molecular formula is C12H22N2O2. The first-order valence-corrected chi connectivity index (χ1v) is 6.12. The number of nitrogens with two attached hydrogens (primary N) is 1. The van der Waals surface area contributed by atoms with Crippen molar-refractivity contribution in [2.75, 3.05) is 0 Å². The maximum Gasteiger partial charge on any atom is 0.407 e. The van der Waals surface area contributed by atoms with Crippen LogP contribution in [0.3, 0.4) is 0 Å². The molecule has 92 valence electrons. The van der Waals surface area contributed by atoms with Crippen molar-refractivity contribution < 1.29 is 9.53 Å². The van der Waals surface area contributed by atoms with E-state index in [0.29, 0.717) is 11.8 Å². The van der Waals surface area contributed by atoms with Crippen molar-refractivity contribution in [2.24, 2.45) is 17.6 Å². The van der Waals surface area contributed by atoms with Crippen LogP contribution in [0.25, 0.3) is 0 Å². The Kier molecular flexibility index (Phi) is 2.86. The van der Waals surface area contributed by atoms with Crippen molar-refractivity contribution >= 4 is 6.09 Å². The quantitative estimate of drug-likeness (QED) is 0.714. The second-order valence-electron chi connectivity index (χ2n) is 6.07. The van der Waals surface area contributed by atoms with Crippen LogP contribution in [0.2, 0.25) is 0 Å². The average molecular weight is 226 g/mol. The van der Waals surface area contributed by atoms with Gasteiger partial charge in [-0.3, -0.25) is 0 Å². The topological polar surface area (TPSA) is 64.3 Å². The van der Waals surface area contributed by atoms with Gasteiger partial charge in [-0.05, 0) is 51.9 Å². The van der Waals surface area contributed by atoms with Crippen molar-refractivity contribution in [3.63, 3.8) is 0 Å². The van der Waals surface area contributed by atoms with Gasteiger partial charge >= 0.3 is 6.09 Å². The highest BCUT2D eigenvalue weighted by molar-refractivity contribution is 5.68.